The predicted octanol–water partition coefficient (Wildman–Crippen LogP) is 4.19. The number of carbonyl (C=O) groups is 1. The quantitative estimate of drug-likeness (QED) is 0.861. The molecule has 1 N–H and O–H groups in total. The first kappa shape index (κ1) is 15.4. The van der Waals surface area contributed by atoms with Crippen LogP contribution in [0, 0.1) is 6.92 Å². The second kappa shape index (κ2) is 6.19. The summed E-state index contributed by atoms with van der Waals surface area (Å²) in [7, 11) is 1.93. The fourth-order valence-electron chi connectivity index (χ4n) is 2.19. The summed E-state index contributed by atoms with van der Waals surface area (Å²) in [4.78, 5) is 13.5. The van der Waals surface area contributed by atoms with E-state index in [-0.39, 0.29) is 17.1 Å². The smallest absolute Gasteiger partial charge is 0.163 e. The van der Waals surface area contributed by atoms with Gasteiger partial charge in [0.05, 0.1) is 5.56 Å². The topological polar surface area (TPSA) is 40.5 Å². The van der Waals surface area contributed by atoms with Gasteiger partial charge in [-0.2, -0.15) is 0 Å². The van der Waals surface area contributed by atoms with Gasteiger partial charge in [-0.15, -0.1) is 0 Å². The molecule has 0 fully saturated rings. The highest BCUT2D eigenvalue weighted by Crippen LogP contribution is 2.29. The molecule has 0 aliphatic carbocycles. The van der Waals surface area contributed by atoms with E-state index < -0.39 is 0 Å². The lowest BCUT2D eigenvalue weighted by Crippen LogP contribution is -2.16. The van der Waals surface area contributed by atoms with Crippen LogP contribution in [0.15, 0.2) is 36.4 Å². The van der Waals surface area contributed by atoms with Crippen molar-refractivity contribution in [3.05, 3.63) is 58.1 Å². The van der Waals surface area contributed by atoms with Crippen LogP contribution in [0.1, 0.15) is 28.4 Å². The molecule has 0 aliphatic rings. The predicted molar refractivity (Wildman–Crippen MR) is 86.4 cm³/mol. The number of phenolic OH excluding ortho intramolecular Hbond substituents is 1. The summed E-state index contributed by atoms with van der Waals surface area (Å²) in [6.45, 7) is 3.92. The second-order valence-electron chi connectivity index (χ2n) is 5.21. The van der Waals surface area contributed by atoms with E-state index in [2.05, 4.69) is 0 Å². The average molecular weight is 304 g/mol. The Balaban J connectivity index is 2.30. The van der Waals surface area contributed by atoms with Gasteiger partial charge in [-0.05, 0) is 38.1 Å². The van der Waals surface area contributed by atoms with Crippen molar-refractivity contribution < 1.29 is 9.90 Å². The minimum absolute atomic E-state index is 0.00543. The summed E-state index contributed by atoms with van der Waals surface area (Å²) in [6, 6.07) is 11.3. The maximum Gasteiger partial charge on any atom is 0.163 e. The Bertz CT molecular complexity index is 665. The van der Waals surface area contributed by atoms with Crippen LogP contribution in [0.2, 0.25) is 5.02 Å². The first-order valence-electron chi connectivity index (χ1n) is 6.68. The number of benzene rings is 2. The molecule has 0 heterocycles. The van der Waals surface area contributed by atoms with Crippen LogP contribution < -0.4 is 4.90 Å². The highest BCUT2D eigenvalue weighted by atomic mass is 35.5. The Morgan fingerprint density at radius 2 is 1.86 bits per heavy atom. The number of anilines is 1. The minimum Gasteiger partial charge on any atom is -0.507 e. The Morgan fingerprint density at radius 1 is 1.24 bits per heavy atom. The van der Waals surface area contributed by atoms with Crippen LogP contribution in [0.4, 0.5) is 5.69 Å². The van der Waals surface area contributed by atoms with Gasteiger partial charge in [-0.1, -0.05) is 29.3 Å². The zero-order chi connectivity index (χ0) is 15.6. The molecular weight excluding hydrogens is 286 g/mol. The van der Waals surface area contributed by atoms with Crippen LogP contribution in [0.25, 0.3) is 0 Å². The van der Waals surface area contributed by atoms with Crippen molar-refractivity contribution in [1.82, 2.24) is 0 Å². The van der Waals surface area contributed by atoms with Crippen molar-refractivity contribution in [2.24, 2.45) is 0 Å². The Labute approximate surface area is 129 Å². The number of ketones is 1. The van der Waals surface area contributed by atoms with Crippen molar-refractivity contribution >= 4 is 23.1 Å². The van der Waals surface area contributed by atoms with Gasteiger partial charge in [0.2, 0.25) is 0 Å². The van der Waals surface area contributed by atoms with Gasteiger partial charge in [0, 0.05) is 29.9 Å². The number of halogens is 1. The third-order valence-electron chi connectivity index (χ3n) is 3.42. The maximum atomic E-state index is 11.5. The van der Waals surface area contributed by atoms with E-state index in [4.69, 9.17) is 11.6 Å². The van der Waals surface area contributed by atoms with E-state index in [1.165, 1.54) is 18.6 Å². The Morgan fingerprint density at radius 3 is 2.43 bits per heavy atom. The molecule has 0 saturated heterocycles. The van der Waals surface area contributed by atoms with E-state index in [1.54, 1.807) is 6.07 Å². The summed E-state index contributed by atoms with van der Waals surface area (Å²) in [5, 5.41) is 10.7. The van der Waals surface area contributed by atoms with Crippen molar-refractivity contribution in [2.45, 2.75) is 20.4 Å². The van der Waals surface area contributed by atoms with Gasteiger partial charge in [0.25, 0.3) is 0 Å². The van der Waals surface area contributed by atoms with Gasteiger partial charge in [0.1, 0.15) is 5.75 Å². The molecule has 0 bridgehead atoms. The zero-order valence-corrected chi connectivity index (χ0v) is 13.1. The maximum absolute atomic E-state index is 11.5. The summed E-state index contributed by atoms with van der Waals surface area (Å²) < 4.78 is 0. The molecule has 0 aliphatic heterocycles. The van der Waals surface area contributed by atoms with E-state index in [9.17, 15) is 9.90 Å². The number of hydrogen-bond donors (Lipinski definition) is 1. The highest BCUT2D eigenvalue weighted by molar-refractivity contribution is 6.31. The normalized spacial score (nSPS) is 10.5. The fourth-order valence-corrected chi connectivity index (χ4v) is 2.43. The summed E-state index contributed by atoms with van der Waals surface area (Å²) in [5.74, 6) is -0.194. The minimum atomic E-state index is -0.200. The molecule has 0 atom stereocenters. The largest absolute Gasteiger partial charge is 0.507 e. The molecular formula is C17H18ClNO2. The van der Waals surface area contributed by atoms with E-state index in [0.29, 0.717) is 17.1 Å². The van der Waals surface area contributed by atoms with Gasteiger partial charge < -0.3 is 10.0 Å². The lowest BCUT2D eigenvalue weighted by atomic mass is 10.1. The molecule has 0 amide bonds. The lowest BCUT2D eigenvalue weighted by molar-refractivity contribution is 0.101. The number of rotatable bonds is 4. The van der Waals surface area contributed by atoms with Crippen LogP contribution in [-0.2, 0) is 6.54 Å². The van der Waals surface area contributed by atoms with Crippen LogP contribution in [0.5, 0.6) is 5.75 Å². The van der Waals surface area contributed by atoms with Crippen LogP contribution in [0.3, 0.4) is 0 Å². The number of carbonyl (C=O) groups excluding carboxylic acids is 1. The second-order valence-corrected chi connectivity index (χ2v) is 5.65. The van der Waals surface area contributed by atoms with Gasteiger partial charge >= 0.3 is 0 Å². The highest BCUT2D eigenvalue weighted by Gasteiger charge is 2.14. The number of aromatic hydroxyl groups is 1. The first-order valence-corrected chi connectivity index (χ1v) is 7.06. The molecule has 2 aromatic carbocycles. The average Bonchev–Trinajstić information content (AvgIpc) is 2.42. The molecule has 4 heteroatoms. The van der Waals surface area contributed by atoms with Gasteiger partial charge in [-0.3, -0.25) is 4.79 Å². The molecule has 2 aromatic rings. The molecule has 0 spiro atoms. The van der Waals surface area contributed by atoms with Gasteiger partial charge in [-0.25, -0.2) is 0 Å². The fraction of sp³-hybridized carbons (Fsp3) is 0.235. The third kappa shape index (κ3) is 3.56. The molecule has 0 saturated carbocycles. The lowest BCUT2D eigenvalue weighted by Gasteiger charge is -2.21. The molecule has 3 nitrogen and oxygen atoms in total. The van der Waals surface area contributed by atoms with Crippen molar-refractivity contribution in [1.29, 1.82) is 0 Å². The Kier molecular flexibility index (Phi) is 4.53. The van der Waals surface area contributed by atoms with E-state index in [0.717, 1.165) is 5.69 Å². The van der Waals surface area contributed by atoms with Crippen LogP contribution in [-0.4, -0.2) is 17.9 Å². The van der Waals surface area contributed by atoms with Crippen LogP contribution >= 0.6 is 11.6 Å². The number of Topliss-reactive ketones (excluding diaryl/α,β-unsaturated/α-hetero) is 1. The molecule has 0 radical (unpaired) electrons. The first-order chi connectivity index (χ1) is 9.88. The van der Waals surface area contributed by atoms with E-state index >= 15 is 0 Å². The Hall–Kier alpha value is -2.00. The van der Waals surface area contributed by atoms with E-state index in [1.807, 2.05) is 43.1 Å². The number of phenols is 1. The zero-order valence-electron chi connectivity index (χ0n) is 12.4. The summed E-state index contributed by atoms with van der Waals surface area (Å²) >= 11 is 6.03. The molecule has 0 unspecified atom stereocenters. The number of hydrogen-bond acceptors (Lipinski definition) is 3. The third-order valence-corrected chi connectivity index (χ3v) is 3.63. The monoisotopic (exact) mass is 303 g/mol. The standard InChI is InChI=1S/C17H18ClNO2/c1-11-4-6-15(7-5-11)19(3)10-13-8-14(18)9-16(12(2)20)17(13)21/h4-9,21H,10H2,1-3H3. The van der Waals surface area contributed by atoms with Crippen molar-refractivity contribution in [3.8, 4) is 5.75 Å². The van der Waals surface area contributed by atoms with Gasteiger partial charge in [0.15, 0.2) is 5.78 Å². The SMILES string of the molecule is CC(=O)c1cc(Cl)cc(CN(C)c2ccc(C)cc2)c1O. The molecule has 21 heavy (non-hydrogen) atoms. The molecule has 2 rings (SSSR count). The number of nitrogens with zero attached hydrogens (tertiary/aromatic N) is 1. The molecule has 110 valence electrons. The molecule has 0 aromatic heterocycles. The van der Waals surface area contributed by atoms with Crippen molar-refractivity contribution in [2.75, 3.05) is 11.9 Å². The summed E-state index contributed by atoms with van der Waals surface area (Å²) in [5.41, 5.74) is 3.12. The number of aryl methyl sites for hydroxylation is 1. The van der Waals surface area contributed by atoms with Crippen molar-refractivity contribution in [3.63, 3.8) is 0 Å². The summed E-state index contributed by atoms with van der Waals surface area (Å²) in [6.07, 6.45) is 0.